The zero-order valence-corrected chi connectivity index (χ0v) is 19.8. The molecule has 6 heteroatoms. The molecule has 0 spiro atoms. The lowest BCUT2D eigenvalue weighted by atomic mass is 9.95. The van der Waals surface area contributed by atoms with Crippen molar-refractivity contribution < 1.29 is 23.4 Å². The molecule has 3 aromatic rings. The molecule has 0 radical (unpaired) electrons. The van der Waals surface area contributed by atoms with Gasteiger partial charge in [0.2, 0.25) is 0 Å². The van der Waals surface area contributed by atoms with E-state index in [4.69, 9.17) is 9.47 Å². The Hall–Kier alpha value is -3.48. The molecular formula is C30H27F2NO3. The summed E-state index contributed by atoms with van der Waals surface area (Å²) in [7, 11) is 0. The third kappa shape index (κ3) is 4.21. The van der Waals surface area contributed by atoms with Gasteiger partial charge in [0.1, 0.15) is 24.2 Å². The number of halogens is 2. The van der Waals surface area contributed by atoms with E-state index >= 15 is 4.39 Å². The lowest BCUT2D eigenvalue weighted by molar-refractivity contribution is 0.0756. The van der Waals surface area contributed by atoms with Gasteiger partial charge in [-0.15, -0.1) is 0 Å². The van der Waals surface area contributed by atoms with Crippen molar-refractivity contribution in [1.29, 1.82) is 0 Å². The number of hydrogen-bond donors (Lipinski definition) is 1. The highest BCUT2D eigenvalue weighted by Crippen LogP contribution is 2.34. The predicted octanol–water partition coefficient (Wildman–Crippen LogP) is 4.61. The average molecular weight is 488 g/mol. The quantitative estimate of drug-likeness (QED) is 0.571. The van der Waals surface area contributed by atoms with Crippen LogP contribution < -0.4 is 15.2 Å². The second-order valence-electron chi connectivity index (χ2n) is 9.47. The SMILES string of the molecule is Oc1cc2c(c3c1=c1ccccc1=CC(F)=C3F)COC(c1ccc(OCCN3CCCC3)cc1)C=2. The van der Waals surface area contributed by atoms with Gasteiger partial charge in [-0.05, 0) is 83.1 Å². The molecule has 0 saturated carbocycles. The Morgan fingerprint density at radius 2 is 1.78 bits per heavy atom. The van der Waals surface area contributed by atoms with E-state index in [9.17, 15) is 9.50 Å². The van der Waals surface area contributed by atoms with Crippen LogP contribution in [0, 0.1) is 10.4 Å². The molecule has 1 N–H and O–H groups in total. The molecule has 2 aliphatic heterocycles. The van der Waals surface area contributed by atoms with Crippen LogP contribution in [-0.4, -0.2) is 36.2 Å². The van der Waals surface area contributed by atoms with Crippen LogP contribution >= 0.6 is 0 Å². The normalized spacial score (nSPS) is 19.0. The van der Waals surface area contributed by atoms with Gasteiger partial charge in [-0.2, -0.15) is 0 Å². The van der Waals surface area contributed by atoms with Gasteiger partial charge in [-0.25, -0.2) is 8.78 Å². The van der Waals surface area contributed by atoms with Crippen molar-refractivity contribution in [2.24, 2.45) is 0 Å². The van der Waals surface area contributed by atoms with E-state index in [2.05, 4.69) is 4.90 Å². The lowest BCUT2D eigenvalue weighted by Crippen LogP contribution is -2.25. The van der Waals surface area contributed by atoms with Gasteiger partial charge >= 0.3 is 0 Å². The van der Waals surface area contributed by atoms with E-state index in [1.807, 2.05) is 30.3 Å². The van der Waals surface area contributed by atoms with Crippen molar-refractivity contribution in [3.05, 3.63) is 98.0 Å². The molecular weight excluding hydrogens is 460 g/mol. The molecule has 2 heterocycles. The zero-order chi connectivity index (χ0) is 24.6. The molecule has 0 aromatic heterocycles. The van der Waals surface area contributed by atoms with E-state index in [1.54, 1.807) is 30.3 Å². The summed E-state index contributed by atoms with van der Waals surface area (Å²) in [6.45, 7) is 3.97. The summed E-state index contributed by atoms with van der Waals surface area (Å²) in [6.07, 6.45) is 5.16. The third-order valence-electron chi connectivity index (χ3n) is 7.21. The largest absolute Gasteiger partial charge is 0.507 e. The molecule has 184 valence electrons. The van der Waals surface area contributed by atoms with Gasteiger partial charge in [0.05, 0.1) is 6.61 Å². The lowest BCUT2D eigenvalue weighted by Gasteiger charge is -2.23. The van der Waals surface area contributed by atoms with Crippen molar-refractivity contribution in [1.82, 2.24) is 4.90 Å². The van der Waals surface area contributed by atoms with Gasteiger partial charge in [0, 0.05) is 17.3 Å². The Balaban J connectivity index is 1.33. The van der Waals surface area contributed by atoms with Crippen LogP contribution in [0.2, 0.25) is 0 Å². The maximum atomic E-state index is 15.3. The molecule has 1 fully saturated rings. The van der Waals surface area contributed by atoms with Gasteiger partial charge < -0.3 is 14.6 Å². The first-order valence-corrected chi connectivity index (χ1v) is 12.4. The number of fused-ring (bicyclic) bond motifs is 4. The Morgan fingerprint density at radius 1 is 1.00 bits per heavy atom. The number of benzene rings is 3. The van der Waals surface area contributed by atoms with Crippen LogP contribution in [0.15, 0.2) is 60.4 Å². The minimum atomic E-state index is -0.987. The third-order valence-corrected chi connectivity index (χ3v) is 7.21. The highest BCUT2D eigenvalue weighted by molar-refractivity contribution is 5.75. The smallest absolute Gasteiger partial charge is 0.167 e. The number of allylic oxidation sites excluding steroid dienone is 1. The van der Waals surface area contributed by atoms with Crippen LogP contribution in [0.1, 0.15) is 35.6 Å². The molecule has 3 aliphatic rings. The maximum absolute atomic E-state index is 15.3. The van der Waals surface area contributed by atoms with Crippen LogP contribution in [0.3, 0.4) is 0 Å². The van der Waals surface area contributed by atoms with E-state index < -0.39 is 11.7 Å². The first-order chi connectivity index (χ1) is 17.6. The Bertz CT molecular complexity index is 1560. The second-order valence-corrected chi connectivity index (χ2v) is 9.47. The highest BCUT2D eigenvalue weighted by Gasteiger charge is 2.24. The van der Waals surface area contributed by atoms with Gasteiger partial charge in [-0.3, -0.25) is 4.90 Å². The summed E-state index contributed by atoms with van der Waals surface area (Å²) in [6, 6.07) is 16.4. The van der Waals surface area contributed by atoms with Crippen LogP contribution in [0.5, 0.6) is 11.5 Å². The van der Waals surface area contributed by atoms with Crippen molar-refractivity contribution in [3.8, 4) is 11.5 Å². The molecule has 36 heavy (non-hydrogen) atoms. The molecule has 0 amide bonds. The fourth-order valence-corrected chi connectivity index (χ4v) is 5.35. The highest BCUT2D eigenvalue weighted by atomic mass is 19.2. The first-order valence-electron chi connectivity index (χ1n) is 12.4. The van der Waals surface area contributed by atoms with E-state index in [-0.39, 0.29) is 29.2 Å². The summed E-state index contributed by atoms with van der Waals surface area (Å²) >= 11 is 0. The maximum Gasteiger partial charge on any atom is 0.167 e. The summed E-state index contributed by atoms with van der Waals surface area (Å²) in [5.74, 6) is -1.24. The number of rotatable bonds is 5. The summed E-state index contributed by atoms with van der Waals surface area (Å²) in [5, 5.41) is 13.0. The van der Waals surface area contributed by atoms with Crippen LogP contribution in [0.25, 0.3) is 18.0 Å². The molecule has 1 saturated heterocycles. The molecule has 4 nitrogen and oxygen atoms in total. The summed E-state index contributed by atoms with van der Waals surface area (Å²) < 4.78 is 42.0. The predicted molar refractivity (Wildman–Crippen MR) is 135 cm³/mol. The molecule has 3 aromatic carbocycles. The van der Waals surface area contributed by atoms with Gasteiger partial charge in [0.25, 0.3) is 0 Å². The molecule has 1 aliphatic carbocycles. The number of nitrogens with zero attached hydrogens (tertiary/aromatic N) is 1. The second kappa shape index (κ2) is 9.52. The monoisotopic (exact) mass is 487 g/mol. The number of ether oxygens (including phenoxy) is 2. The Labute approximate surface area is 207 Å². The van der Waals surface area contributed by atoms with E-state index in [1.165, 1.54) is 18.9 Å². The molecule has 1 atom stereocenters. The fraction of sp³-hybridized carbons (Fsp3) is 0.267. The summed E-state index contributed by atoms with van der Waals surface area (Å²) in [4.78, 5) is 2.41. The van der Waals surface area contributed by atoms with Gasteiger partial charge in [0.15, 0.2) is 11.7 Å². The minimum absolute atomic E-state index is 0.0557. The number of aromatic hydroxyl groups is 1. The van der Waals surface area contributed by atoms with Crippen LogP contribution in [-0.2, 0) is 11.3 Å². The number of phenolic OH excluding ortho intramolecular Hbond substituents is 1. The fourth-order valence-electron chi connectivity index (χ4n) is 5.35. The summed E-state index contributed by atoms with van der Waals surface area (Å²) in [5.41, 5.74) is 1.50. The van der Waals surface area contributed by atoms with Crippen molar-refractivity contribution in [2.75, 3.05) is 26.2 Å². The topological polar surface area (TPSA) is 41.9 Å². The molecule has 1 unspecified atom stereocenters. The standard InChI is InChI=1S/C30H27F2NO3/c31-25-15-20-5-1-2-6-23(20)28-26(34)16-21-17-27(36-18-24(21)29(28)30(25)32)19-7-9-22(10-8-19)35-14-13-33-11-3-4-12-33/h1-2,5-10,15-17,27,34H,3-4,11-14,18H2. The number of phenols is 1. The average Bonchev–Trinajstić information content (AvgIpc) is 3.38. The van der Waals surface area contributed by atoms with Crippen molar-refractivity contribution in [3.63, 3.8) is 0 Å². The van der Waals surface area contributed by atoms with Crippen LogP contribution in [0.4, 0.5) is 8.78 Å². The number of hydrogen-bond acceptors (Lipinski definition) is 4. The van der Waals surface area contributed by atoms with Crippen molar-refractivity contribution in [2.45, 2.75) is 25.6 Å². The minimum Gasteiger partial charge on any atom is -0.507 e. The zero-order valence-electron chi connectivity index (χ0n) is 19.8. The van der Waals surface area contributed by atoms with E-state index in [0.717, 1.165) is 30.9 Å². The Morgan fingerprint density at radius 3 is 2.58 bits per heavy atom. The number of likely N-dealkylation sites (tertiary alicyclic amines) is 1. The molecule has 6 rings (SSSR count). The van der Waals surface area contributed by atoms with Crippen molar-refractivity contribution >= 4 is 18.0 Å². The molecule has 0 bridgehead atoms. The first kappa shape index (κ1) is 23.0. The van der Waals surface area contributed by atoms with E-state index in [0.29, 0.717) is 27.8 Å². The Kier molecular flexibility index (Phi) is 6.07. The van der Waals surface area contributed by atoms with Gasteiger partial charge in [-0.1, -0.05) is 36.4 Å².